The summed E-state index contributed by atoms with van der Waals surface area (Å²) in [5.41, 5.74) is 5.69. The van der Waals surface area contributed by atoms with Gasteiger partial charge in [0.25, 0.3) is 5.91 Å². The highest BCUT2D eigenvalue weighted by Crippen LogP contribution is 2.26. The third-order valence-corrected chi connectivity index (χ3v) is 7.82. The molecule has 5 rings (SSSR count). The quantitative estimate of drug-likeness (QED) is 0.674. The topological polar surface area (TPSA) is 67.3 Å². The van der Waals surface area contributed by atoms with Crippen LogP contribution in [0.5, 0.6) is 0 Å². The van der Waals surface area contributed by atoms with Crippen LogP contribution in [0.1, 0.15) is 40.9 Å². The van der Waals surface area contributed by atoms with Crippen molar-refractivity contribution in [2.45, 2.75) is 39.3 Å². The number of rotatable bonds is 6. The molecule has 0 bridgehead atoms. The van der Waals surface area contributed by atoms with E-state index in [-0.39, 0.29) is 17.7 Å². The highest BCUT2D eigenvalue weighted by atomic mass is 16.3. The molecule has 192 valence electrons. The number of aliphatic hydroxyl groups excluding tert-OH is 1. The van der Waals surface area contributed by atoms with Crippen molar-refractivity contribution in [3.63, 3.8) is 0 Å². The number of anilines is 1. The van der Waals surface area contributed by atoms with Gasteiger partial charge in [-0.2, -0.15) is 0 Å². The molecule has 2 aromatic rings. The minimum Gasteiger partial charge on any atom is -0.390 e. The molecular weight excluding hydrogens is 452 g/mol. The van der Waals surface area contributed by atoms with E-state index >= 15 is 0 Å². The van der Waals surface area contributed by atoms with Crippen molar-refractivity contribution in [3.8, 4) is 0 Å². The summed E-state index contributed by atoms with van der Waals surface area (Å²) in [6, 6.07) is 14.6. The van der Waals surface area contributed by atoms with Crippen molar-refractivity contribution >= 4 is 17.5 Å². The van der Waals surface area contributed by atoms with Crippen LogP contribution in [-0.4, -0.2) is 90.1 Å². The Morgan fingerprint density at radius 2 is 1.61 bits per heavy atom. The molecule has 0 saturated carbocycles. The molecule has 36 heavy (non-hydrogen) atoms. The molecular formula is C29H38N4O3. The predicted octanol–water partition coefficient (Wildman–Crippen LogP) is 2.41. The molecule has 7 heteroatoms. The van der Waals surface area contributed by atoms with Crippen LogP contribution in [0.25, 0.3) is 0 Å². The first-order chi connectivity index (χ1) is 17.4. The smallest absolute Gasteiger partial charge is 0.254 e. The van der Waals surface area contributed by atoms with Gasteiger partial charge < -0.3 is 19.8 Å². The number of amides is 2. The van der Waals surface area contributed by atoms with Crippen LogP contribution in [-0.2, 0) is 24.2 Å². The van der Waals surface area contributed by atoms with Gasteiger partial charge in [-0.25, -0.2) is 0 Å². The fourth-order valence-electron chi connectivity index (χ4n) is 5.76. The van der Waals surface area contributed by atoms with Gasteiger partial charge in [-0.15, -0.1) is 0 Å². The van der Waals surface area contributed by atoms with Crippen molar-refractivity contribution in [1.29, 1.82) is 0 Å². The lowest BCUT2D eigenvalue weighted by Gasteiger charge is -2.37. The van der Waals surface area contributed by atoms with Gasteiger partial charge in [0.1, 0.15) is 0 Å². The zero-order valence-electron chi connectivity index (χ0n) is 21.5. The molecule has 1 unspecified atom stereocenters. The number of piperazine rings is 1. The molecule has 1 atom stereocenters. The molecule has 0 aromatic heterocycles. The maximum Gasteiger partial charge on any atom is 0.254 e. The van der Waals surface area contributed by atoms with Crippen molar-refractivity contribution in [3.05, 3.63) is 64.7 Å². The third kappa shape index (κ3) is 5.27. The number of hydrogen-bond donors (Lipinski definition) is 1. The second kappa shape index (κ2) is 10.6. The summed E-state index contributed by atoms with van der Waals surface area (Å²) in [6.07, 6.45) is 1.24. The second-order valence-electron chi connectivity index (χ2n) is 10.7. The summed E-state index contributed by atoms with van der Waals surface area (Å²) < 4.78 is 0. The molecule has 0 radical (unpaired) electrons. The SMILES string of the molecule is CC(C)C(=O)N1CCN(c2ccc3c(c2)CCN(CC(O)CN2CCc4ccccc4C2)C3=O)CC1. The molecule has 3 heterocycles. The normalized spacial score (nSPS) is 19.3. The van der Waals surface area contributed by atoms with Gasteiger partial charge in [0, 0.05) is 76.1 Å². The van der Waals surface area contributed by atoms with E-state index in [4.69, 9.17) is 0 Å². The number of benzene rings is 2. The van der Waals surface area contributed by atoms with Crippen LogP contribution >= 0.6 is 0 Å². The minimum atomic E-state index is -0.565. The highest BCUT2D eigenvalue weighted by molar-refractivity contribution is 5.97. The Bertz CT molecular complexity index is 1110. The largest absolute Gasteiger partial charge is 0.390 e. The van der Waals surface area contributed by atoms with Crippen LogP contribution in [0.15, 0.2) is 42.5 Å². The Morgan fingerprint density at radius 1 is 0.889 bits per heavy atom. The summed E-state index contributed by atoms with van der Waals surface area (Å²) in [4.78, 5) is 33.9. The Morgan fingerprint density at radius 3 is 2.36 bits per heavy atom. The number of fused-ring (bicyclic) bond motifs is 2. The fourth-order valence-corrected chi connectivity index (χ4v) is 5.76. The van der Waals surface area contributed by atoms with Crippen molar-refractivity contribution in [1.82, 2.24) is 14.7 Å². The number of aliphatic hydroxyl groups is 1. The van der Waals surface area contributed by atoms with E-state index in [9.17, 15) is 14.7 Å². The molecule has 2 aromatic carbocycles. The molecule has 3 aliphatic heterocycles. The molecule has 7 nitrogen and oxygen atoms in total. The van der Waals surface area contributed by atoms with Gasteiger partial charge in [-0.05, 0) is 47.7 Å². The molecule has 0 aliphatic carbocycles. The molecule has 0 spiro atoms. The average Bonchev–Trinajstić information content (AvgIpc) is 2.89. The molecule has 2 amide bonds. The lowest BCUT2D eigenvalue weighted by Crippen LogP contribution is -2.50. The summed E-state index contributed by atoms with van der Waals surface area (Å²) in [5, 5.41) is 10.8. The minimum absolute atomic E-state index is 0.0122. The monoisotopic (exact) mass is 490 g/mol. The van der Waals surface area contributed by atoms with E-state index < -0.39 is 6.10 Å². The Balaban J connectivity index is 1.16. The van der Waals surface area contributed by atoms with E-state index in [1.54, 1.807) is 4.90 Å². The molecule has 1 N–H and O–H groups in total. The maximum absolute atomic E-state index is 13.2. The van der Waals surface area contributed by atoms with Gasteiger partial charge in [0.05, 0.1) is 6.10 Å². The Kier molecular flexibility index (Phi) is 7.30. The van der Waals surface area contributed by atoms with Gasteiger partial charge in [-0.3, -0.25) is 14.5 Å². The summed E-state index contributed by atoms with van der Waals surface area (Å²) >= 11 is 0. The van der Waals surface area contributed by atoms with E-state index in [0.717, 1.165) is 68.9 Å². The van der Waals surface area contributed by atoms with Gasteiger partial charge >= 0.3 is 0 Å². The Hall–Kier alpha value is -2.90. The third-order valence-electron chi connectivity index (χ3n) is 7.82. The number of hydrogen-bond acceptors (Lipinski definition) is 5. The van der Waals surface area contributed by atoms with E-state index in [0.29, 0.717) is 19.6 Å². The van der Waals surface area contributed by atoms with Gasteiger partial charge in [0.15, 0.2) is 0 Å². The van der Waals surface area contributed by atoms with E-state index in [1.807, 2.05) is 30.9 Å². The van der Waals surface area contributed by atoms with Crippen molar-refractivity contribution in [2.24, 2.45) is 5.92 Å². The van der Waals surface area contributed by atoms with E-state index in [1.165, 1.54) is 11.1 Å². The van der Waals surface area contributed by atoms with Crippen LogP contribution in [0.2, 0.25) is 0 Å². The molecule has 3 aliphatic rings. The van der Waals surface area contributed by atoms with Crippen LogP contribution in [0.3, 0.4) is 0 Å². The van der Waals surface area contributed by atoms with Gasteiger partial charge in [0.2, 0.25) is 5.91 Å². The zero-order chi connectivity index (χ0) is 25.2. The average molecular weight is 491 g/mol. The molecule has 1 saturated heterocycles. The Labute approximate surface area is 214 Å². The maximum atomic E-state index is 13.2. The number of carbonyl (C=O) groups excluding carboxylic acids is 2. The number of carbonyl (C=O) groups is 2. The van der Waals surface area contributed by atoms with Crippen LogP contribution in [0, 0.1) is 5.92 Å². The summed E-state index contributed by atoms with van der Waals surface area (Å²) in [7, 11) is 0. The summed E-state index contributed by atoms with van der Waals surface area (Å²) in [6.45, 7) is 10.4. The predicted molar refractivity (Wildman–Crippen MR) is 141 cm³/mol. The number of nitrogens with zero attached hydrogens (tertiary/aromatic N) is 4. The second-order valence-corrected chi connectivity index (χ2v) is 10.7. The first kappa shape index (κ1) is 24.8. The van der Waals surface area contributed by atoms with Gasteiger partial charge in [-0.1, -0.05) is 38.1 Å². The first-order valence-corrected chi connectivity index (χ1v) is 13.3. The highest BCUT2D eigenvalue weighted by Gasteiger charge is 2.29. The molecule has 1 fully saturated rings. The zero-order valence-corrected chi connectivity index (χ0v) is 21.5. The van der Waals surface area contributed by atoms with Crippen LogP contribution < -0.4 is 4.90 Å². The van der Waals surface area contributed by atoms with E-state index in [2.05, 4.69) is 40.1 Å². The van der Waals surface area contributed by atoms with Crippen molar-refractivity contribution in [2.75, 3.05) is 57.3 Å². The first-order valence-electron chi connectivity index (χ1n) is 13.3. The van der Waals surface area contributed by atoms with Crippen molar-refractivity contribution < 1.29 is 14.7 Å². The lowest BCUT2D eigenvalue weighted by atomic mass is 9.97. The lowest BCUT2D eigenvalue weighted by molar-refractivity contribution is -0.134. The number of β-amino-alcohol motifs (C(OH)–C–C–N with tert-alkyl or cyclic N) is 1. The summed E-state index contributed by atoms with van der Waals surface area (Å²) in [5.74, 6) is 0.264. The standard InChI is InChI=1S/C29H38N4O3/c1-21(2)28(35)32-15-13-31(14-16-32)25-7-8-27-23(17-25)10-12-33(29(27)36)20-26(34)19-30-11-9-22-5-3-4-6-24(22)18-30/h3-8,17,21,26,34H,9-16,18-20H2,1-2H3. The van der Waals surface area contributed by atoms with Crippen LogP contribution in [0.4, 0.5) is 5.69 Å². The fraction of sp³-hybridized carbons (Fsp3) is 0.517.